The molecule has 3 aromatic rings. The molecular formula is C22H26N4O3. The van der Waals surface area contributed by atoms with Crippen molar-refractivity contribution in [3.63, 3.8) is 0 Å². The fraction of sp³-hybridized carbons (Fsp3) is 0.273. The Morgan fingerprint density at radius 2 is 1.48 bits per heavy atom. The minimum absolute atomic E-state index is 0.465. The first-order chi connectivity index (χ1) is 13.9. The smallest absolute Gasteiger partial charge is 0.229 e. The van der Waals surface area contributed by atoms with Crippen molar-refractivity contribution in [3.8, 4) is 17.2 Å². The van der Waals surface area contributed by atoms with E-state index >= 15 is 0 Å². The van der Waals surface area contributed by atoms with Gasteiger partial charge in [0.05, 0.1) is 21.3 Å². The highest BCUT2D eigenvalue weighted by molar-refractivity contribution is 5.67. The monoisotopic (exact) mass is 394 g/mol. The summed E-state index contributed by atoms with van der Waals surface area (Å²) in [7, 11) is 4.73. The number of nitrogens with one attached hydrogen (secondary N) is 2. The summed E-state index contributed by atoms with van der Waals surface area (Å²) in [5, 5.41) is 6.60. The largest absolute Gasteiger partial charge is 0.493 e. The fourth-order valence-electron chi connectivity index (χ4n) is 3.00. The molecule has 0 fully saturated rings. The van der Waals surface area contributed by atoms with Gasteiger partial charge in [-0.3, -0.25) is 0 Å². The second-order valence-electron chi connectivity index (χ2n) is 6.63. The first-order valence-corrected chi connectivity index (χ1v) is 9.21. The highest BCUT2D eigenvalue weighted by Crippen LogP contribution is 2.40. The number of hydrogen-bond donors (Lipinski definition) is 2. The number of aromatic nitrogens is 2. The molecule has 0 unspecified atom stereocenters. The Morgan fingerprint density at radius 3 is 2.10 bits per heavy atom. The molecule has 29 heavy (non-hydrogen) atoms. The van der Waals surface area contributed by atoms with Crippen molar-refractivity contribution in [2.75, 3.05) is 32.0 Å². The summed E-state index contributed by atoms with van der Waals surface area (Å²) in [6, 6.07) is 11.7. The van der Waals surface area contributed by atoms with Gasteiger partial charge in [0, 0.05) is 35.3 Å². The van der Waals surface area contributed by atoms with E-state index in [9.17, 15) is 0 Å². The van der Waals surface area contributed by atoms with Gasteiger partial charge in [0.2, 0.25) is 11.7 Å². The molecule has 2 N–H and O–H groups in total. The number of ether oxygens (including phenoxy) is 3. The summed E-state index contributed by atoms with van der Waals surface area (Å²) in [6.07, 6.45) is 0. The summed E-state index contributed by atoms with van der Waals surface area (Å²) in [6.45, 7) is 6.10. The van der Waals surface area contributed by atoms with E-state index in [1.165, 1.54) is 11.1 Å². The van der Waals surface area contributed by atoms with E-state index in [1.54, 1.807) is 21.3 Å². The predicted molar refractivity (Wildman–Crippen MR) is 115 cm³/mol. The first kappa shape index (κ1) is 20.3. The third kappa shape index (κ3) is 4.51. The summed E-state index contributed by atoms with van der Waals surface area (Å²) in [5.74, 6) is 2.81. The standard InChI is InChI=1S/C22H26N4O3/c1-13-8-7-9-17(15(13)3)25-20-10-14(2)23-22(26-20)24-16-11-18(27-4)21(29-6)19(12-16)28-5/h7-12H,1-6H3,(H2,23,24,25,26). The number of rotatable bonds is 7. The molecule has 0 saturated heterocycles. The molecule has 7 nitrogen and oxygen atoms in total. The maximum atomic E-state index is 5.41. The third-order valence-electron chi connectivity index (χ3n) is 4.64. The van der Waals surface area contributed by atoms with Gasteiger partial charge in [0.1, 0.15) is 5.82 Å². The zero-order valence-electron chi connectivity index (χ0n) is 17.6. The molecule has 0 saturated carbocycles. The average Bonchev–Trinajstić information content (AvgIpc) is 2.70. The van der Waals surface area contributed by atoms with Crippen LogP contribution in [0.5, 0.6) is 17.2 Å². The van der Waals surface area contributed by atoms with Crippen molar-refractivity contribution in [2.24, 2.45) is 0 Å². The molecule has 7 heteroatoms. The van der Waals surface area contributed by atoms with E-state index in [0.717, 1.165) is 17.1 Å². The Labute approximate surface area is 171 Å². The molecule has 0 bridgehead atoms. The number of benzene rings is 2. The van der Waals surface area contributed by atoms with E-state index in [-0.39, 0.29) is 0 Å². The fourth-order valence-corrected chi connectivity index (χ4v) is 3.00. The Hall–Kier alpha value is -3.48. The molecule has 1 aromatic heterocycles. The van der Waals surface area contributed by atoms with Gasteiger partial charge in [0.25, 0.3) is 0 Å². The van der Waals surface area contributed by atoms with Crippen LogP contribution in [0.4, 0.5) is 23.1 Å². The minimum Gasteiger partial charge on any atom is -0.493 e. The van der Waals surface area contributed by atoms with Crippen LogP contribution < -0.4 is 24.8 Å². The second kappa shape index (κ2) is 8.68. The highest BCUT2D eigenvalue weighted by Gasteiger charge is 2.14. The van der Waals surface area contributed by atoms with Crippen LogP contribution in [0.1, 0.15) is 16.8 Å². The van der Waals surface area contributed by atoms with Crippen LogP contribution in [0.3, 0.4) is 0 Å². The Bertz CT molecular complexity index is 996. The van der Waals surface area contributed by atoms with Gasteiger partial charge in [-0.05, 0) is 38.0 Å². The summed E-state index contributed by atoms with van der Waals surface area (Å²) in [5.41, 5.74) is 4.98. The van der Waals surface area contributed by atoms with Gasteiger partial charge in [-0.1, -0.05) is 12.1 Å². The molecule has 0 radical (unpaired) electrons. The molecule has 152 valence electrons. The van der Waals surface area contributed by atoms with Crippen LogP contribution in [-0.4, -0.2) is 31.3 Å². The van der Waals surface area contributed by atoms with Crippen molar-refractivity contribution in [3.05, 3.63) is 53.2 Å². The normalized spacial score (nSPS) is 10.4. The van der Waals surface area contributed by atoms with E-state index in [4.69, 9.17) is 14.2 Å². The van der Waals surface area contributed by atoms with Gasteiger partial charge >= 0.3 is 0 Å². The zero-order valence-corrected chi connectivity index (χ0v) is 17.6. The summed E-state index contributed by atoms with van der Waals surface area (Å²) < 4.78 is 16.2. The number of anilines is 4. The van der Waals surface area contributed by atoms with Gasteiger partial charge < -0.3 is 24.8 Å². The Balaban J connectivity index is 1.92. The van der Waals surface area contributed by atoms with E-state index in [2.05, 4.69) is 40.5 Å². The van der Waals surface area contributed by atoms with Crippen LogP contribution in [0.15, 0.2) is 36.4 Å². The maximum Gasteiger partial charge on any atom is 0.229 e. The molecule has 0 amide bonds. The Kier molecular flexibility index (Phi) is 6.07. The van der Waals surface area contributed by atoms with Crippen molar-refractivity contribution in [1.82, 2.24) is 9.97 Å². The lowest BCUT2D eigenvalue weighted by molar-refractivity contribution is 0.324. The van der Waals surface area contributed by atoms with Crippen LogP contribution in [0.25, 0.3) is 0 Å². The van der Waals surface area contributed by atoms with Crippen molar-refractivity contribution in [2.45, 2.75) is 20.8 Å². The highest BCUT2D eigenvalue weighted by atomic mass is 16.5. The average molecular weight is 394 g/mol. The van der Waals surface area contributed by atoms with Gasteiger partial charge in [-0.25, -0.2) is 4.98 Å². The molecule has 0 aliphatic heterocycles. The lowest BCUT2D eigenvalue weighted by Gasteiger charge is -2.15. The van der Waals surface area contributed by atoms with E-state index < -0.39 is 0 Å². The summed E-state index contributed by atoms with van der Waals surface area (Å²) >= 11 is 0. The molecular weight excluding hydrogens is 368 g/mol. The molecule has 0 spiro atoms. The third-order valence-corrected chi connectivity index (χ3v) is 4.64. The summed E-state index contributed by atoms with van der Waals surface area (Å²) in [4.78, 5) is 9.09. The Morgan fingerprint density at radius 1 is 0.793 bits per heavy atom. The lowest BCUT2D eigenvalue weighted by Crippen LogP contribution is -2.04. The number of hydrogen-bond acceptors (Lipinski definition) is 7. The van der Waals surface area contributed by atoms with Gasteiger partial charge in [0.15, 0.2) is 11.5 Å². The minimum atomic E-state index is 0.465. The van der Waals surface area contributed by atoms with Crippen LogP contribution in [-0.2, 0) is 0 Å². The lowest BCUT2D eigenvalue weighted by atomic mass is 10.1. The number of nitrogens with zero attached hydrogens (tertiary/aromatic N) is 2. The van der Waals surface area contributed by atoms with Crippen molar-refractivity contribution >= 4 is 23.1 Å². The second-order valence-corrected chi connectivity index (χ2v) is 6.63. The predicted octanol–water partition coefficient (Wildman–Crippen LogP) is 4.91. The molecule has 2 aromatic carbocycles. The van der Waals surface area contributed by atoms with Crippen molar-refractivity contribution in [1.29, 1.82) is 0 Å². The topological polar surface area (TPSA) is 77.5 Å². The number of aryl methyl sites for hydroxylation is 2. The number of methoxy groups -OCH3 is 3. The molecule has 0 aliphatic rings. The maximum absolute atomic E-state index is 5.41. The molecule has 0 atom stereocenters. The van der Waals surface area contributed by atoms with Gasteiger partial charge in [-0.15, -0.1) is 0 Å². The first-order valence-electron chi connectivity index (χ1n) is 9.21. The van der Waals surface area contributed by atoms with E-state index in [1.807, 2.05) is 37.3 Å². The molecule has 3 rings (SSSR count). The SMILES string of the molecule is COc1cc(Nc2nc(C)cc(Nc3cccc(C)c3C)n2)cc(OC)c1OC. The van der Waals surface area contributed by atoms with Gasteiger partial charge in [-0.2, -0.15) is 4.98 Å². The van der Waals surface area contributed by atoms with Crippen LogP contribution in [0.2, 0.25) is 0 Å². The molecule has 1 heterocycles. The van der Waals surface area contributed by atoms with Crippen LogP contribution in [0, 0.1) is 20.8 Å². The van der Waals surface area contributed by atoms with Crippen molar-refractivity contribution < 1.29 is 14.2 Å². The van der Waals surface area contributed by atoms with E-state index in [0.29, 0.717) is 29.0 Å². The van der Waals surface area contributed by atoms with Crippen LogP contribution >= 0.6 is 0 Å². The zero-order chi connectivity index (χ0) is 21.0. The molecule has 0 aliphatic carbocycles. The quantitative estimate of drug-likeness (QED) is 0.589.